The van der Waals surface area contributed by atoms with Crippen LogP contribution in [0.15, 0.2) is 36.5 Å². The van der Waals surface area contributed by atoms with Crippen molar-refractivity contribution in [2.24, 2.45) is 0 Å². The van der Waals surface area contributed by atoms with Gasteiger partial charge < -0.3 is 19.7 Å². The molecule has 1 heterocycles. The van der Waals surface area contributed by atoms with Crippen LogP contribution in [0.4, 0.5) is 4.79 Å². The summed E-state index contributed by atoms with van der Waals surface area (Å²) in [6.07, 6.45) is 6.15. The molecule has 1 aromatic heterocycles. The molecule has 0 bridgehead atoms. The van der Waals surface area contributed by atoms with Gasteiger partial charge in [-0.05, 0) is 43.5 Å². The molecular formula is C22H29N3O3. The molecule has 2 amide bonds. The first-order chi connectivity index (χ1) is 13.6. The van der Waals surface area contributed by atoms with Gasteiger partial charge in [-0.3, -0.25) is 4.98 Å². The Hall–Kier alpha value is -2.76. The average Bonchev–Trinajstić information content (AvgIpc) is 3.25. The van der Waals surface area contributed by atoms with Gasteiger partial charge in [-0.2, -0.15) is 0 Å². The fourth-order valence-electron chi connectivity index (χ4n) is 3.71. The minimum atomic E-state index is -0.0603. The van der Waals surface area contributed by atoms with Gasteiger partial charge in [0.2, 0.25) is 0 Å². The second-order valence-electron chi connectivity index (χ2n) is 7.17. The number of nitrogens with one attached hydrogen (secondary N) is 1. The van der Waals surface area contributed by atoms with Gasteiger partial charge >= 0.3 is 6.03 Å². The van der Waals surface area contributed by atoms with Crippen LogP contribution in [0, 0.1) is 6.92 Å². The number of nitrogens with zero attached hydrogens (tertiary/aromatic N) is 2. The van der Waals surface area contributed by atoms with Crippen LogP contribution in [0.5, 0.6) is 11.5 Å². The number of amides is 2. The number of aromatic nitrogens is 1. The average molecular weight is 383 g/mol. The Kier molecular flexibility index (Phi) is 6.74. The van der Waals surface area contributed by atoms with Gasteiger partial charge in [0.25, 0.3) is 0 Å². The van der Waals surface area contributed by atoms with Crippen LogP contribution < -0.4 is 14.8 Å². The third-order valence-electron chi connectivity index (χ3n) is 5.39. The molecule has 0 saturated heterocycles. The molecule has 1 aliphatic rings. The number of carbonyl (C=O) groups excluding carboxylic acids is 1. The predicted molar refractivity (Wildman–Crippen MR) is 109 cm³/mol. The Morgan fingerprint density at radius 1 is 1.21 bits per heavy atom. The van der Waals surface area contributed by atoms with Crippen molar-refractivity contribution in [2.45, 2.75) is 51.7 Å². The highest BCUT2D eigenvalue weighted by Crippen LogP contribution is 2.29. The van der Waals surface area contributed by atoms with Crippen molar-refractivity contribution in [1.29, 1.82) is 0 Å². The number of carbonyl (C=O) groups is 1. The summed E-state index contributed by atoms with van der Waals surface area (Å²) in [6.45, 7) is 2.94. The second kappa shape index (κ2) is 9.44. The van der Waals surface area contributed by atoms with Crippen molar-refractivity contribution >= 4 is 6.03 Å². The standard InChI is InChI=1S/C22H29N3O3/c1-16-7-6-12-23-20(16)14-24-22(26)25(18-8-4-5-9-18)15-17-10-11-19(27-2)13-21(17)28-3/h6-7,10-13,18H,4-5,8-9,14-15H2,1-3H3,(H,24,26). The van der Waals surface area contributed by atoms with Gasteiger partial charge in [-0.15, -0.1) is 0 Å². The third-order valence-corrected chi connectivity index (χ3v) is 5.39. The maximum absolute atomic E-state index is 13.1. The van der Waals surface area contributed by atoms with Gasteiger partial charge in [0.15, 0.2) is 0 Å². The van der Waals surface area contributed by atoms with Crippen LogP contribution in [-0.4, -0.2) is 36.2 Å². The molecule has 1 N–H and O–H groups in total. The van der Waals surface area contributed by atoms with Gasteiger partial charge in [-0.1, -0.05) is 18.9 Å². The molecule has 1 fully saturated rings. The van der Waals surface area contributed by atoms with Crippen LogP contribution in [-0.2, 0) is 13.1 Å². The Labute approximate surface area is 166 Å². The van der Waals surface area contributed by atoms with Crippen molar-refractivity contribution in [1.82, 2.24) is 15.2 Å². The fraction of sp³-hybridized carbons (Fsp3) is 0.455. The summed E-state index contributed by atoms with van der Waals surface area (Å²) in [5.41, 5.74) is 2.94. The molecule has 0 radical (unpaired) electrons. The van der Waals surface area contributed by atoms with Gasteiger partial charge in [-0.25, -0.2) is 4.79 Å². The summed E-state index contributed by atoms with van der Waals surface area (Å²) in [5.74, 6) is 1.47. The highest BCUT2D eigenvalue weighted by molar-refractivity contribution is 5.74. The summed E-state index contributed by atoms with van der Waals surface area (Å²) >= 11 is 0. The zero-order valence-electron chi connectivity index (χ0n) is 16.9. The van der Waals surface area contributed by atoms with E-state index < -0.39 is 0 Å². The molecule has 28 heavy (non-hydrogen) atoms. The SMILES string of the molecule is COc1ccc(CN(C(=O)NCc2ncccc2C)C2CCCC2)c(OC)c1. The van der Waals surface area contributed by atoms with Crippen LogP contribution in [0.3, 0.4) is 0 Å². The van der Waals surface area contributed by atoms with Crippen LogP contribution in [0.25, 0.3) is 0 Å². The van der Waals surface area contributed by atoms with E-state index in [1.165, 1.54) is 0 Å². The number of aryl methyl sites for hydroxylation is 1. The zero-order valence-corrected chi connectivity index (χ0v) is 16.9. The van der Waals surface area contributed by atoms with Gasteiger partial charge in [0, 0.05) is 23.9 Å². The fourth-order valence-corrected chi connectivity index (χ4v) is 3.71. The first-order valence-corrected chi connectivity index (χ1v) is 9.78. The maximum Gasteiger partial charge on any atom is 0.318 e. The smallest absolute Gasteiger partial charge is 0.318 e. The minimum Gasteiger partial charge on any atom is -0.497 e. The molecule has 0 aliphatic heterocycles. The molecule has 6 heteroatoms. The molecule has 0 unspecified atom stereocenters. The molecule has 150 valence electrons. The zero-order chi connectivity index (χ0) is 19.9. The number of benzene rings is 1. The third kappa shape index (κ3) is 4.74. The van der Waals surface area contributed by atoms with E-state index in [1.807, 2.05) is 42.2 Å². The van der Waals surface area contributed by atoms with Crippen molar-refractivity contribution < 1.29 is 14.3 Å². The van der Waals surface area contributed by atoms with Crippen molar-refractivity contribution in [3.8, 4) is 11.5 Å². The summed E-state index contributed by atoms with van der Waals surface area (Å²) < 4.78 is 10.8. The number of hydrogen-bond donors (Lipinski definition) is 1. The van der Waals surface area contributed by atoms with Crippen LogP contribution in [0.2, 0.25) is 0 Å². The van der Waals surface area contributed by atoms with E-state index in [0.717, 1.165) is 54.0 Å². The van der Waals surface area contributed by atoms with Crippen LogP contribution in [0.1, 0.15) is 42.5 Å². The van der Waals surface area contributed by atoms with E-state index in [-0.39, 0.29) is 12.1 Å². The monoisotopic (exact) mass is 383 g/mol. The largest absolute Gasteiger partial charge is 0.497 e. The number of pyridine rings is 1. The lowest BCUT2D eigenvalue weighted by Crippen LogP contribution is -2.44. The minimum absolute atomic E-state index is 0.0603. The van der Waals surface area contributed by atoms with Crippen molar-refractivity contribution in [2.75, 3.05) is 14.2 Å². The molecule has 3 rings (SSSR count). The van der Waals surface area contributed by atoms with Gasteiger partial charge in [0.1, 0.15) is 11.5 Å². The van der Waals surface area contributed by atoms with E-state index >= 15 is 0 Å². The summed E-state index contributed by atoms with van der Waals surface area (Å²) in [7, 11) is 3.27. The van der Waals surface area contributed by atoms with Crippen molar-refractivity contribution in [3.63, 3.8) is 0 Å². The molecule has 1 aromatic carbocycles. The van der Waals surface area contributed by atoms with E-state index in [1.54, 1.807) is 20.4 Å². The molecule has 0 spiro atoms. The highest BCUT2D eigenvalue weighted by atomic mass is 16.5. The van der Waals surface area contributed by atoms with Crippen molar-refractivity contribution in [3.05, 3.63) is 53.3 Å². The number of hydrogen-bond acceptors (Lipinski definition) is 4. The number of ether oxygens (including phenoxy) is 2. The van der Waals surface area contributed by atoms with E-state index in [0.29, 0.717) is 13.1 Å². The molecule has 2 aromatic rings. The van der Waals surface area contributed by atoms with E-state index in [9.17, 15) is 4.79 Å². The summed E-state index contributed by atoms with van der Waals surface area (Å²) in [5, 5.41) is 3.06. The normalized spacial score (nSPS) is 14.0. The Bertz CT molecular complexity index is 803. The highest BCUT2D eigenvalue weighted by Gasteiger charge is 2.27. The molecule has 1 saturated carbocycles. The van der Waals surface area contributed by atoms with E-state index in [4.69, 9.17) is 9.47 Å². The lowest BCUT2D eigenvalue weighted by atomic mass is 10.1. The maximum atomic E-state index is 13.1. The number of rotatable bonds is 7. The molecule has 1 aliphatic carbocycles. The Morgan fingerprint density at radius 2 is 2.00 bits per heavy atom. The quantitative estimate of drug-likeness (QED) is 0.783. The predicted octanol–water partition coefficient (Wildman–Crippen LogP) is 4.06. The molecular weight excluding hydrogens is 354 g/mol. The summed E-state index contributed by atoms with van der Waals surface area (Å²) in [6, 6.07) is 9.83. The molecule has 6 nitrogen and oxygen atoms in total. The number of methoxy groups -OCH3 is 2. The first-order valence-electron chi connectivity index (χ1n) is 9.78. The lowest BCUT2D eigenvalue weighted by Gasteiger charge is -2.30. The van der Waals surface area contributed by atoms with Gasteiger partial charge in [0.05, 0.1) is 33.0 Å². The Morgan fingerprint density at radius 3 is 2.68 bits per heavy atom. The summed E-state index contributed by atoms with van der Waals surface area (Å²) in [4.78, 5) is 19.4. The lowest BCUT2D eigenvalue weighted by molar-refractivity contribution is 0.169. The second-order valence-corrected chi connectivity index (χ2v) is 7.17. The van der Waals surface area contributed by atoms with E-state index in [2.05, 4.69) is 10.3 Å². The Balaban J connectivity index is 1.75. The van der Waals surface area contributed by atoms with Crippen LogP contribution >= 0.6 is 0 Å². The number of urea groups is 1. The molecule has 0 atom stereocenters. The topological polar surface area (TPSA) is 63.7 Å². The first kappa shape index (κ1) is 20.0.